The fourth-order valence-corrected chi connectivity index (χ4v) is 2.88. The van der Waals surface area contributed by atoms with Gasteiger partial charge in [0.25, 0.3) is 0 Å². The molecule has 1 N–H and O–H groups in total. The zero-order chi connectivity index (χ0) is 11.8. The van der Waals surface area contributed by atoms with Gasteiger partial charge in [0.2, 0.25) is 0 Å². The van der Waals surface area contributed by atoms with Gasteiger partial charge in [-0.3, -0.25) is 4.90 Å². The molecule has 3 nitrogen and oxygen atoms in total. The van der Waals surface area contributed by atoms with Crippen molar-refractivity contribution in [2.24, 2.45) is 0 Å². The third kappa shape index (κ3) is 2.58. The summed E-state index contributed by atoms with van der Waals surface area (Å²) < 4.78 is 0. The summed E-state index contributed by atoms with van der Waals surface area (Å²) in [7, 11) is 2.20. The smallest absolute Gasteiger partial charge is 0.0446 e. The minimum absolute atomic E-state index is 0.313. The van der Waals surface area contributed by atoms with Crippen LogP contribution in [0.2, 0.25) is 0 Å². The molecular weight excluding hydrogens is 200 g/mol. The molecule has 0 amide bonds. The molecule has 1 aliphatic heterocycles. The summed E-state index contributed by atoms with van der Waals surface area (Å²) in [6.07, 6.45) is 4.90. The highest BCUT2D eigenvalue weighted by atomic mass is 16.3. The SMILES string of the molecule is CN1CCC(C)(C)N(C2CC2)CC1CCO. The molecule has 1 saturated carbocycles. The van der Waals surface area contributed by atoms with Crippen LogP contribution in [0.25, 0.3) is 0 Å². The third-order valence-corrected chi connectivity index (χ3v) is 4.33. The highest BCUT2D eigenvalue weighted by molar-refractivity contribution is 4.97. The second-order valence-corrected chi connectivity index (χ2v) is 6.09. The first-order valence-corrected chi connectivity index (χ1v) is 6.62. The summed E-state index contributed by atoms with van der Waals surface area (Å²) in [6.45, 7) is 7.35. The first kappa shape index (κ1) is 12.3. The van der Waals surface area contributed by atoms with Crippen LogP contribution in [0.3, 0.4) is 0 Å². The van der Waals surface area contributed by atoms with E-state index in [0.29, 0.717) is 18.2 Å². The summed E-state index contributed by atoms with van der Waals surface area (Å²) in [5, 5.41) is 9.15. The fourth-order valence-electron chi connectivity index (χ4n) is 2.88. The number of rotatable bonds is 3. The number of hydrogen-bond donors (Lipinski definition) is 1. The Morgan fingerprint density at radius 2 is 2.00 bits per heavy atom. The molecule has 2 rings (SSSR count). The molecule has 3 heteroatoms. The lowest BCUT2D eigenvalue weighted by Crippen LogP contribution is -2.48. The molecule has 1 heterocycles. The van der Waals surface area contributed by atoms with Gasteiger partial charge in [-0.1, -0.05) is 0 Å². The Bertz CT molecular complexity index is 238. The van der Waals surface area contributed by atoms with Crippen molar-refractivity contribution in [3.63, 3.8) is 0 Å². The second kappa shape index (κ2) is 4.63. The molecule has 94 valence electrons. The minimum atomic E-state index is 0.313. The Morgan fingerprint density at radius 3 is 2.56 bits per heavy atom. The lowest BCUT2D eigenvalue weighted by atomic mass is 9.98. The summed E-state index contributed by atoms with van der Waals surface area (Å²) >= 11 is 0. The number of likely N-dealkylation sites (N-methyl/N-ethyl adjacent to an activating group) is 1. The van der Waals surface area contributed by atoms with Crippen molar-refractivity contribution in [3.8, 4) is 0 Å². The van der Waals surface area contributed by atoms with E-state index in [-0.39, 0.29) is 0 Å². The Morgan fingerprint density at radius 1 is 1.31 bits per heavy atom. The Balaban J connectivity index is 2.07. The van der Waals surface area contributed by atoms with Crippen LogP contribution in [0.4, 0.5) is 0 Å². The number of aliphatic hydroxyl groups excluding tert-OH is 1. The molecule has 0 bridgehead atoms. The molecule has 0 spiro atoms. The molecule has 1 aliphatic carbocycles. The van der Waals surface area contributed by atoms with Gasteiger partial charge in [0, 0.05) is 30.8 Å². The summed E-state index contributed by atoms with van der Waals surface area (Å²) in [4.78, 5) is 5.12. The van der Waals surface area contributed by atoms with E-state index < -0.39 is 0 Å². The van der Waals surface area contributed by atoms with Gasteiger partial charge in [-0.2, -0.15) is 0 Å². The van der Waals surface area contributed by atoms with Gasteiger partial charge in [-0.15, -0.1) is 0 Å². The number of nitrogens with zero attached hydrogens (tertiary/aromatic N) is 2. The van der Waals surface area contributed by atoms with Crippen molar-refractivity contribution in [1.82, 2.24) is 9.80 Å². The maximum Gasteiger partial charge on any atom is 0.0446 e. The average molecular weight is 226 g/mol. The zero-order valence-electron chi connectivity index (χ0n) is 10.9. The van der Waals surface area contributed by atoms with E-state index in [1.165, 1.54) is 19.3 Å². The Hall–Kier alpha value is -0.120. The number of hydrogen-bond acceptors (Lipinski definition) is 3. The van der Waals surface area contributed by atoms with Gasteiger partial charge < -0.3 is 10.0 Å². The maximum atomic E-state index is 9.15. The predicted octanol–water partition coefficient (Wildman–Crippen LogP) is 1.32. The van der Waals surface area contributed by atoms with E-state index in [4.69, 9.17) is 5.11 Å². The van der Waals surface area contributed by atoms with Gasteiger partial charge in [0.05, 0.1) is 0 Å². The van der Waals surface area contributed by atoms with E-state index in [9.17, 15) is 0 Å². The van der Waals surface area contributed by atoms with E-state index in [1.54, 1.807) is 0 Å². The zero-order valence-corrected chi connectivity index (χ0v) is 10.9. The van der Waals surface area contributed by atoms with Crippen molar-refractivity contribution in [2.75, 3.05) is 26.7 Å². The van der Waals surface area contributed by atoms with E-state index in [1.807, 2.05) is 0 Å². The van der Waals surface area contributed by atoms with Crippen LogP contribution in [0.1, 0.15) is 39.5 Å². The van der Waals surface area contributed by atoms with Gasteiger partial charge in [-0.25, -0.2) is 0 Å². The molecule has 0 radical (unpaired) electrons. The van der Waals surface area contributed by atoms with Crippen LogP contribution in [-0.4, -0.2) is 59.3 Å². The fraction of sp³-hybridized carbons (Fsp3) is 1.00. The monoisotopic (exact) mass is 226 g/mol. The molecule has 0 aromatic heterocycles. The summed E-state index contributed by atoms with van der Waals surface area (Å²) in [6, 6.07) is 1.36. The highest BCUT2D eigenvalue weighted by Crippen LogP contribution is 2.36. The predicted molar refractivity (Wildman–Crippen MR) is 66.5 cm³/mol. The summed E-state index contributed by atoms with van der Waals surface area (Å²) in [5.74, 6) is 0. The normalized spacial score (nSPS) is 32.6. The van der Waals surface area contributed by atoms with Gasteiger partial charge >= 0.3 is 0 Å². The second-order valence-electron chi connectivity index (χ2n) is 6.09. The minimum Gasteiger partial charge on any atom is -0.396 e. The van der Waals surface area contributed by atoms with Crippen LogP contribution < -0.4 is 0 Å². The first-order valence-electron chi connectivity index (χ1n) is 6.62. The summed E-state index contributed by atoms with van der Waals surface area (Å²) in [5.41, 5.74) is 0.333. The van der Waals surface area contributed by atoms with E-state index >= 15 is 0 Å². The van der Waals surface area contributed by atoms with Crippen LogP contribution in [-0.2, 0) is 0 Å². The van der Waals surface area contributed by atoms with Gasteiger partial charge in [0.1, 0.15) is 0 Å². The molecule has 1 atom stereocenters. The van der Waals surface area contributed by atoms with E-state index in [2.05, 4.69) is 30.7 Å². The largest absolute Gasteiger partial charge is 0.396 e. The quantitative estimate of drug-likeness (QED) is 0.786. The maximum absolute atomic E-state index is 9.15. The highest BCUT2D eigenvalue weighted by Gasteiger charge is 2.41. The van der Waals surface area contributed by atoms with Crippen LogP contribution in [0.5, 0.6) is 0 Å². The Kier molecular flexibility index (Phi) is 3.57. The molecule has 16 heavy (non-hydrogen) atoms. The van der Waals surface area contributed by atoms with Crippen molar-refractivity contribution in [2.45, 2.75) is 57.2 Å². The van der Waals surface area contributed by atoms with E-state index in [0.717, 1.165) is 25.6 Å². The number of aliphatic hydroxyl groups is 1. The Labute approximate surface area is 99.4 Å². The molecule has 0 aromatic rings. The van der Waals surface area contributed by atoms with Gasteiger partial charge in [0.15, 0.2) is 0 Å². The third-order valence-electron chi connectivity index (χ3n) is 4.33. The van der Waals surface area contributed by atoms with Gasteiger partial charge in [-0.05, 0) is 53.1 Å². The lowest BCUT2D eigenvalue weighted by molar-refractivity contribution is 0.0983. The lowest BCUT2D eigenvalue weighted by Gasteiger charge is -2.38. The molecule has 2 fully saturated rings. The van der Waals surface area contributed by atoms with Crippen molar-refractivity contribution >= 4 is 0 Å². The average Bonchev–Trinajstić information content (AvgIpc) is 3.03. The molecular formula is C13H26N2O. The van der Waals surface area contributed by atoms with Crippen LogP contribution in [0.15, 0.2) is 0 Å². The van der Waals surface area contributed by atoms with Crippen molar-refractivity contribution in [3.05, 3.63) is 0 Å². The van der Waals surface area contributed by atoms with Crippen LogP contribution in [0, 0.1) is 0 Å². The van der Waals surface area contributed by atoms with Crippen molar-refractivity contribution in [1.29, 1.82) is 0 Å². The molecule has 2 aliphatic rings. The molecule has 1 unspecified atom stereocenters. The first-order chi connectivity index (χ1) is 7.54. The topological polar surface area (TPSA) is 26.7 Å². The molecule has 0 aromatic carbocycles. The van der Waals surface area contributed by atoms with Crippen LogP contribution >= 0.6 is 0 Å². The van der Waals surface area contributed by atoms with Crippen molar-refractivity contribution < 1.29 is 5.11 Å². The standard InChI is InChI=1S/C13H26N2O/c1-13(2)7-8-14(3)12(6-9-16)10-15(13)11-4-5-11/h11-12,16H,4-10H2,1-3H3. The molecule has 1 saturated heterocycles.